The Morgan fingerprint density at radius 1 is 1.19 bits per heavy atom. The number of hydrogen-bond donors (Lipinski definition) is 2. The van der Waals surface area contributed by atoms with E-state index < -0.39 is 0 Å². The summed E-state index contributed by atoms with van der Waals surface area (Å²) < 4.78 is 12.9. The molecule has 0 spiro atoms. The Bertz CT molecular complexity index is 643. The van der Waals surface area contributed by atoms with E-state index in [1.54, 1.807) is 24.3 Å². The van der Waals surface area contributed by atoms with Crippen molar-refractivity contribution in [3.63, 3.8) is 0 Å². The first-order valence-electron chi connectivity index (χ1n) is 6.55. The molecule has 2 amide bonds. The molecule has 0 unspecified atom stereocenters. The summed E-state index contributed by atoms with van der Waals surface area (Å²) in [7, 11) is 0. The molecule has 2 rings (SSSR count). The maximum absolute atomic E-state index is 12.9. The number of benzene rings is 2. The first kappa shape index (κ1) is 15.3. The molecule has 5 heteroatoms. The molecule has 0 fully saturated rings. The van der Waals surface area contributed by atoms with Crippen LogP contribution in [0.5, 0.6) is 0 Å². The minimum atomic E-state index is -0.341. The fraction of sp³-hybridized carbons (Fsp3) is 0.188. The van der Waals surface area contributed by atoms with E-state index in [0.717, 1.165) is 11.1 Å². The molecule has 0 aliphatic carbocycles. The first-order valence-corrected chi connectivity index (χ1v) is 6.92. The van der Waals surface area contributed by atoms with Crippen molar-refractivity contribution < 1.29 is 9.18 Å². The minimum absolute atomic E-state index is 0.230. The Kier molecular flexibility index (Phi) is 4.81. The highest BCUT2D eigenvalue weighted by molar-refractivity contribution is 6.31. The SMILES string of the molecule is Cc1ccc(NC(=O)N[C@@H](C)c2ccc(F)cc2)cc1Cl. The van der Waals surface area contributed by atoms with Gasteiger partial charge in [-0.1, -0.05) is 29.8 Å². The molecule has 0 saturated carbocycles. The zero-order valence-electron chi connectivity index (χ0n) is 11.8. The van der Waals surface area contributed by atoms with Gasteiger partial charge in [0.25, 0.3) is 0 Å². The molecule has 0 saturated heterocycles. The molecule has 21 heavy (non-hydrogen) atoms. The van der Waals surface area contributed by atoms with Crippen LogP contribution in [0, 0.1) is 12.7 Å². The van der Waals surface area contributed by atoms with Crippen molar-refractivity contribution in [2.45, 2.75) is 19.9 Å². The van der Waals surface area contributed by atoms with Crippen LogP contribution in [0.1, 0.15) is 24.1 Å². The lowest BCUT2D eigenvalue weighted by molar-refractivity contribution is 0.249. The second-order valence-electron chi connectivity index (χ2n) is 4.84. The Hall–Kier alpha value is -2.07. The summed E-state index contributed by atoms with van der Waals surface area (Å²) in [6, 6.07) is 10.8. The van der Waals surface area contributed by atoms with Gasteiger partial charge in [0.2, 0.25) is 0 Å². The number of hydrogen-bond acceptors (Lipinski definition) is 1. The van der Waals surface area contributed by atoms with E-state index in [9.17, 15) is 9.18 Å². The normalized spacial score (nSPS) is 11.8. The number of urea groups is 1. The Labute approximate surface area is 128 Å². The topological polar surface area (TPSA) is 41.1 Å². The zero-order valence-corrected chi connectivity index (χ0v) is 12.5. The third-order valence-electron chi connectivity index (χ3n) is 3.15. The molecular formula is C16H16ClFN2O. The number of carbonyl (C=O) groups is 1. The molecule has 110 valence electrons. The van der Waals surface area contributed by atoms with E-state index >= 15 is 0 Å². The highest BCUT2D eigenvalue weighted by Gasteiger charge is 2.10. The molecular weight excluding hydrogens is 291 g/mol. The summed E-state index contributed by atoms with van der Waals surface area (Å²) in [5, 5.41) is 6.09. The molecule has 2 aromatic carbocycles. The molecule has 0 aliphatic rings. The maximum atomic E-state index is 12.9. The number of amides is 2. The van der Waals surface area contributed by atoms with E-state index in [0.29, 0.717) is 10.7 Å². The summed E-state index contributed by atoms with van der Waals surface area (Å²) >= 11 is 6.01. The van der Waals surface area contributed by atoms with Crippen molar-refractivity contribution in [3.05, 3.63) is 64.4 Å². The van der Waals surface area contributed by atoms with Crippen molar-refractivity contribution in [3.8, 4) is 0 Å². The smallest absolute Gasteiger partial charge is 0.319 e. The van der Waals surface area contributed by atoms with Crippen molar-refractivity contribution in [1.82, 2.24) is 5.32 Å². The van der Waals surface area contributed by atoms with Gasteiger partial charge >= 0.3 is 6.03 Å². The lowest BCUT2D eigenvalue weighted by Crippen LogP contribution is -2.31. The molecule has 3 nitrogen and oxygen atoms in total. The van der Waals surface area contributed by atoms with Crippen LogP contribution in [0.2, 0.25) is 5.02 Å². The number of anilines is 1. The summed E-state index contributed by atoms with van der Waals surface area (Å²) in [5.74, 6) is -0.301. The van der Waals surface area contributed by atoms with E-state index in [4.69, 9.17) is 11.6 Å². The summed E-state index contributed by atoms with van der Waals surface area (Å²) in [6.07, 6.45) is 0. The maximum Gasteiger partial charge on any atom is 0.319 e. The predicted octanol–water partition coefficient (Wildman–Crippen LogP) is 4.67. The molecule has 0 aromatic heterocycles. The van der Waals surface area contributed by atoms with Crippen LogP contribution >= 0.6 is 11.6 Å². The van der Waals surface area contributed by atoms with E-state index in [1.165, 1.54) is 12.1 Å². The Balaban J connectivity index is 1.97. The lowest BCUT2D eigenvalue weighted by Gasteiger charge is -2.15. The number of halogens is 2. The summed E-state index contributed by atoms with van der Waals surface area (Å²) in [5.41, 5.74) is 2.39. The molecule has 1 atom stereocenters. The Morgan fingerprint density at radius 3 is 2.48 bits per heavy atom. The zero-order chi connectivity index (χ0) is 15.4. The van der Waals surface area contributed by atoms with E-state index in [1.807, 2.05) is 19.9 Å². The monoisotopic (exact) mass is 306 g/mol. The second-order valence-corrected chi connectivity index (χ2v) is 5.24. The standard InChI is InChI=1S/C16H16ClFN2O/c1-10-3-8-14(9-15(10)17)20-16(21)19-11(2)12-4-6-13(18)7-5-12/h3-9,11H,1-2H3,(H2,19,20,21)/t11-/m0/s1. The van der Waals surface area contributed by atoms with Gasteiger partial charge in [-0.05, 0) is 49.2 Å². The predicted molar refractivity (Wildman–Crippen MR) is 83.2 cm³/mol. The van der Waals surface area contributed by atoms with Crippen LogP contribution < -0.4 is 10.6 Å². The van der Waals surface area contributed by atoms with Crippen molar-refractivity contribution in [2.24, 2.45) is 0 Å². The van der Waals surface area contributed by atoms with E-state index in [-0.39, 0.29) is 17.9 Å². The van der Waals surface area contributed by atoms with Gasteiger partial charge in [0.1, 0.15) is 5.82 Å². The highest BCUT2D eigenvalue weighted by Crippen LogP contribution is 2.20. The highest BCUT2D eigenvalue weighted by atomic mass is 35.5. The van der Waals surface area contributed by atoms with Gasteiger partial charge in [-0.2, -0.15) is 0 Å². The van der Waals surface area contributed by atoms with E-state index in [2.05, 4.69) is 10.6 Å². The molecule has 0 heterocycles. The number of aryl methyl sites for hydroxylation is 1. The summed E-state index contributed by atoms with van der Waals surface area (Å²) in [4.78, 5) is 11.9. The van der Waals surface area contributed by atoms with Gasteiger partial charge in [-0.15, -0.1) is 0 Å². The fourth-order valence-electron chi connectivity index (χ4n) is 1.87. The van der Waals surface area contributed by atoms with Crippen LogP contribution in [-0.4, -0.2) is 6.03 Å². The third kappa shape index (κ3) is 4.20. The first-order chi connectivity index (χ1) is 9.95. The van der Waals surface area contributed by atoms with Gasteiger partial charge in [0.15, 0.2) is 0 Å². The van der Waals surface area contributed by atoms with Crippen LogP contribution in [-0.2, 0) is 0 Å². The molecule has 2 N–H and O–H groups in total. The minimum Gasteiger partial charge on any atom is -0.331 e. The molecule has 0 radical (unpaired) electrons. The molecule has 2 aromatic rings. The fourth-order valence-corrected chi connectivity index (χ4v) is 2.05. The van der Waals surface area contributed by atoms with Gasteiger partial charge < -0.3 is 10.6 Å². The quantitative estimate of drug-likeness (QED) is 0.850. The van der Waals surface area contributed by atoms with Gasteiger partial charge in [0.05, 0.1) is 6.04 Å². The van der Waals surface area contributed by atoms with Crippen molar-refractivity contribution in [1.29, 1.82) is 0 Å². The van der Waals surface area contributed by atoms with Gasteiger partial charge in [-0.25, -0.2) is 9.18 Å². The second kappa shape index (κ2) is 6.59. The van der Waals surface area contributed by atoms with Crippen LogP contribution in [0.3, 0.4) is 0 Å². The molecule has 0 aliphatic heterocycles. The number of carbonyl (C=O) groups excluding carboxylic acids is 1. The number of nitrogens with one attached hydrogen (secondary N) is 2. The third-order valence-corrected chi connectivity index (χ3v) is 3.55. The number of rotatable bonds is 3. The van der Waals surface area contributed by atoms with Gasteiger partial charge in [0, 0.05) is 10.7 Å². The summed E-state index contributed by atoms with van der Waals surface area (Å²) in [6.45, 7) is 3.72. The average molecular weight is 307 g/mol. The van der Waals surface area contributed by atoms with Gasteiger partial charge in [-0.3, -0.25) is 0 Å². The van der Waals surface area contributed by atoms with Crippen LogP contribution in [0.4, 0.5) is 14.9 Å². The Morgan fingerprint density at radius 2 is 1.86 bits per heavy atom. The largest absolute Gasteiger partial charge is 0.331 e. The van der Waals surface area contributed by atoms with Crippen molar-refractivity contribution >= 4 is 23.3 Å². The average Bonchev–Trinajstić information content (AvgIpc) is 2.43. The molecule has 0 bridgehead atoms. The van der Waals surface area contributed by atoms with Crippen molar-refractivity contribution in [2.75, 3.05) is 5.32 Å². The lowest BCUT2D eigenvalue weighted by atomic mass is 10.1. The van der Waals surface area contributed by atoms with Crippen LogP contribution in [0.25, 0.3) is 0 Å². The van der Waals surface area contributed by atoms with Crippen LogP contribution in [0.15, 0.2) is 42.5 Å².